The summed E-state index contributed by atoms with van der Waals surface area (Å²) in [6, 6.07) is 11.7. The van der Waals surface area contributed by atoms with Crippen LogP contribution in [0.15, 0.2) is 24.3 Å². The van der Waals surface area contributed by atoms with Gasteiger partial charge in [0.15, 0.2) is 0 Å². The zero-order valence-corrected chi connectivity index (χ0v) is 8.53. The van der Waals surface area contributed by atoms with E-state index < -0.39 is 0 Å². The van der Waals surface area contributed by atoms with Crippen LogP contribution in [0.1, 0.15) is 24.0 Å². The molecule has 1 rings (SSSR count). The molecule has 0 aromatic heterocycles. The lowest BCUT2D eigenvalue weighted by Gasteiger charge is -2.03. The average molecular weight is 199 g/mol. The van der Waals surface area contributed by atoms with Crippen molar-refractivity contribution >= 4 is 0 Å². The Bertz CT molecular complexity index is 367. The van der Waals surface area contributed by atoms with Crippen molar-refractivity contribution in [2.45, 2.75) is 19.4 Å². The molecule has 0 saturated carbocycles. The molecule has 0 heterocycles. The molecule has 0 amide bonds. The van der Waals surface area contributed by atoms with Crippen molar-refractivity contribution in [3.63, 3.8) is 0 Å². The number of nitriles is 2. The molecule has 76 valence electrons. The van der Waals surface area contributed by atoms with Crippen LogP contribution < -0.4 is 5.32 Å². The quantitative estimate of drug-likeness (QED) is 0.737. The van der Waals surface area contributed by atoms with Crippen LogP contribution in [-0.2, 0) is 6.54 Å². The molecule has 0 unspecified atom stereocenters. The third kappa shape index (κ3) is 4.26. The highest BCUT2D eigenvalue weighted by Crippen LogP contribution is 2.02. The third-order valence-electron chi connectivity index (χ3n) is 2.05. The molecule has 0 bridgehead atoms. The van der Waals surface area contributed by atoms with Crippen LogP contribution in [0.5, 0.6) is 0 Å². The minimum absolute atomic E-state index is 0.598. The predicted molar refractivity (Wildman–Crippen MR) is 57.7 cm³/mol. The van der Waals surface area contributed by atoms with Gasteiger partial charge in [0.2, 0.25) is 0 Å². The van der Waals surface area contributed by atoms with Gasteiger partial charge in [-0.3, -0.25) is 0 Å². The molecule has 0 atom stereocenters. The molecule has 1 aromatic rings. The first-order valence-electron chi connectivity index (χ1n) is 4.93. The summed E-state index contributed by atoms with van der Waals surface area (Å²) < 4.78 is 0. The van der Waals surface area contributed by atoms with Crippen molar-refractivity contribution in [1.29, 1.82) is 10.5 Å². The van der Waals surface area contributed by atoms with E-state index in [1.807, 2.05) is 24.3 Å². The second kappa shape index (κ2) is 6.59. The van der Waals surface area contributed by atoms with E-state index in [2.05, 4.69) is 17.5 Å². The Morgan fingerprint density at radius 2 is 1.87 bits per heavy atom. The highest BCUT2D eigenvalue weighted by Gasteiger charge is 1.93. The van der Waals surface area contributed by atoms with Gasteiger partial charge >= 0.3 is 0 Å². The summed E-state index contributed by atoms with van der Waals surface area (Å²) in [5, 5.41) is 20.2. The van der Waals surface area contributed by atoms with E-state index >= 15 is 0 Å². The Kier molecular flexibility index (Phi) is 4.94. The summed E-state index contributed by atoms with van der Waals surface area (Å²) in [4.78, 5) is 0. The van der Waals surface area contributed by atoms with E-state index in [-0.39, 0.29) is 0 Å². The monoisotopic (exact) mass is 199 g/mol. The van der Waals surface area contributed by atoms with Crippen molar-refractivity contribution in [1.82, 2.24) is 5.32 Å². The zero-order chi connectivity index (χ0) is 10.9. The van der Waals surface area contributed by atoms with Gasteiger partial charge in [0.05, 0.1) is 17.7 Å². The summed E-state index contributed by atoms with van der Waals surface area (Å²) in [6.07, 6.45) is 1.48. The Hall–Kier alpha value is -1.84. The predicted octanol–water partition coefficient (Wildman–Crippen LogP) is 1.95. The first kappa shape index (κ1) is 11.2. The van der Waals surface area contributed by atoms with E-state index in [0.717, 1.165) is 25.1 Å². The molecule has 3 heteroatoms. The van der Waals surface area contributed by atoms with Crippen LogP contribution in [0.2, 0.25) is 0 Å². The Morgan fingerprint density at radius 1 is 1.13 bits per heavy atom. The summed E-state index contributed by atoms with van der Waals surface area (Å²) in [6.45, 7) is 1.64. The molecule has 0 saturated heterocycles. The molecular weight excluding hydrogens is 186 g/mol. The topological polar surface area (TPSA) is 59.6 Å². The molecule has 0 spiro atoms. The van der Waals surface area contributed by atoms with Crippen LogP contribution in [0.4, 0.5) is 0 Å². The first-order chi connectivity index (χ1) is 7.36. The maximum Gasteiger partial charge on any atom is 0.0991 e. The van der Waals surface area contributed by atoms with E-state index in [1.54, 1.807) is 0 Å². The summed E-state index contributed by atoms with van der Waals surface area (Å²) in [7, 11) is 0. The number of rotatable bonds is 5. The molecule has 0 aliphatic heterocycles. The fourth-order valence-electron chi connectivity index (χ4n) is 1.22. The van der Waals surface area contributed by atoms with Crippen molar-refractivity contribution in [3.05, 3.63) is 35.4 Å². The Morgan fingerprint density at radius 3 is 2.47 bits per heavy atom. The molecule has 0 aliphatic rings. The van der Waals surface area contributed by atoms with Crippen LogP contribution in [0.25, 0.3) is 0 Å². The maximum atomic E-state index is 8.61. The molecular formula is C12H13N3. The summed E-state index contributed by atoms with van der Waals surface area (Å²) in [5.74, 6) is 0. The smallest absolute Gasteiger partial charge is 0.0991 e. The van der Waals surface area contributed by atoms with E-state index in [0.29, 0.717) is 12.0 Å². The molecule has 15 heavy (non-hydrogen) atoms. The summed E-state index contributed by atoms with van der Waals surface area (Å²) >= 11 is 0. The number of hydrogen-bond donors (Lipinski definition) is 1. The van der Waals surface area contributed by atoms with Crippen LogP contribution in [0, 0.1) is 22.7 Å². The van der Waals surface area contributed by atoms with Gasteiger partial charge in [-0.05, 0) is 30.7 Å². The average Bonchev–Trinajstić information content (AvgIpc) is 2.30. The first-order valence-corrected chi connectivity index (χ1v) is 4.93. The van der Waals surface area contributed by atoms with Gasteiger partial charge in [-0.2, -0.15) is 10.5 Å². The minimum atomic E-state index is 0.598. The van der Waals surface area contributed by atoms with Gasteiger partial charge in [-0.15, -0.1) is 0 Å². The fraction of sp³-hybridized carbons (Fsp3) is 0.333. The van der Waals surface area contributed by atoms with Gasteiger partial charge < -0.3 is 5.32 Å². The Labute approximate surface area is 90.0 Å². The highest BCUT2D eigenvalue weighted by atomic mass is 14.8. The van der Waals surface area contributed by atoms with Gasteiger partial charge in [-0.25, -0.2) is 0 Å². The normalized spacial score (nSPS) is 9.20. The number of hydrogen-bond acceptors (Lipinski definition) is 3. The largest absolute Gasteiger partial charge is 0.313 e. The number of nitrogens with zero attached hydrogens (tertiary/aromatic N) is 2. The van der Waals surface area contributed by atoms with Crippen molar-refractivity contribution in [2.24, 2.45) is 0 Å². The highest BCUT2D eigenvalue weighted by molar-refractivity contribution is 5.31. The molecule has 0 fully saturated rings. The Balaban J connectivity index is 2.27. The fourth-order valence-corrected chi connectivity index (χ4v) is 1.22. The lowest BCUT2D eigenvalue weighted by atomic mass is 10.1. The van der Waals surface area contributed by atoms with Crippen LogP contribution >= 0.6 is 0 Å². The minimum Gasteiger partial charge on any atom is -0.313 e. The summed E-state index contributed by atoms with van der Waals surface area (Å²) in [5.41, 5.74) is 1.84. The van der Waals surface area contributed by atoms with Gasteiger partial charge in [0.1, 0.15) is 0 Å². The van der Waals surface area contributed by atoms with Crippen molar-refractivity contribution in [2.75, 3.05) is 6.54 Å². The van der Waals surface area contributed by atoms with Crippen LogP contribution in [-0.4, -0.2) is 6.54 Å². The van der Waals surface area contributed by atoms with Crippen LogP contribution in [0.3, 0.4) is 0 Å². The lowest BCUT2D eigenvalue weighted by Crippen LogP contribution is -2.14. The van der Waals surface area contributed by atoms with Gasteiger partial charge in [0, 0.05) is 13.0 Å². The number of nitrogens with one attached hydrogen (secondary N) is 1. The molecule has 1 aromatic carbocycles. The van der Waals surface area contributed by atoms with Gasteiger partial charge in [0.25, 0.3) is 0 Å². The lowest BCUT2D eigenvalue weighted by molar-refractivity contribution is 0.657. The standard InChI is InChI=1S/C12H13N3/c13-7-1-2-8-15-10-12-5-3-11(9-14)4-6-12/h3-6,15H,1-2,8,10H2. The van der Waals surface area contributed by atoms with Crippen molar-refractivity contribution in [3.8, 4) is 12.1 Å². The third-order valence-corrected chi connectivity index (χ3v) is 2.05. The molecule has 0 radical (unpaired) electrons. The van der Waals surface area contributed by atoms with Crippen molar-refractivity contribution < 1.29 is 0 Å². The van der Waals surface area contributed by atoms with E-state index in [1.165, 1.54) is 0 Å². The van der Waals surface area contributed by atoms with E-state index in [9.17, 15) is 0 Å². The molecule has 0 aliphatic carbocycles. The maximum absolute atomic E-state index is 8.61. The second-order valence-electron chi connectivity index (χ2n) is 3.25. The molecule has 1 N–H and O–H groups in total. The second-order valence-corrected chi connectivity index (χ2v) is 3.25. The molecule has 3 nitrogen and oxygen atoms in total. The zero-order valence-electron chi connectivity index (χ0n) is 8.53. The van der Waals surface area contributed by atoms with Gasteiger partial charge in [-0.1, -0.05) is 12.1 Å². The SMILES string of the molecule is N#CCCCNCc1ccc(C#N)cc1. The number of benzene rings is 1. The van der Waals surface area contributed by atoms with E-state index in [4.69, 9.17) is 10.5 Å². The number of unbranched alkanes of at least 4 members (excludes halogenated alkanes) is 1.